The number of carbonyl (C=O) groups excluding carboxylic acids is 2. The van der Waals surface area contributed by atoms with Gasteiger partial charge in [-0.2, -0.15) is 5.10 Å². The first-order chi connectivity index (χ1) is 13.1. The fourth-order valence-electron chi connectivity index (χ4n) is 2.45. The van der Waals surface area contributed by atoms with Crippen LogP contribution in [-0.4, -0.2) is 17.5 Å². The smallest absolute Gasteiger partial charge is 0.291 e. The maximum Gasteiger partial charge on any atom is 0.291 e. The summed E-state index contributed by atoms with van der Waals surface area (Å²) in [6, 6.07) is 19.9. The van der Waals surface area contributed by atoms with E-state index in [0.29, 0.717) is 11.4 Å². The number of benzene rings is 2. The van der Waals surface area contributed by atoms with Crippen molar-refractivity contribution in [3.8, 4) is 0 Å². The second-order valence-corrected chi connectivity index (χ2v) is 5.91. The van der Waals surface area contributed by atoms with Gasteiger partial charge < -0.3 is 9.73 Å². The number of carbonyl (C=O) groups is 2. The van der Waals surface area contributed by atoms with Gasteiger partial charge in [0, 0.05) is 5.69 Å². The normalized spacial score (nSPS) is 11.1. The van der Waals surface area contributed by atoms with Gasteiger partial charge in [-0.25, -0.2) is 5.43 Å². The Morgan fingerprint density at radius 3 is 2.56 bits per heavy atom. The van der Waals surface area contributed by atoms with Crippen LogP contribution in [0.4, 0.5) is 5.69 Å². The lowest BCUT2D eigenvalue weighted by Crippen LogP contribution is -2.21. The highest BCUT2D eigenvalue weighted by Crippen LogP contribution is 2.13. The van der Waals surface area contributed by atoms with E-state index in [4.69, 9.17) is 4.42 Å². The van der Waals surface area contributed by atoms with Crippen LogP contribution in [0.2, 0.25) is 0 Å². The highest BCUT2D eigenvalue weighted by atomic mass is 16.3. The van der Waals surface area contributed by atoms with Crippen molar-refractivity contribution in [2.45, 2.75) is 13.3 Å². The number of rotatable bonds is 6. The lowest BCUT2D eigenvalue weighted by Gasteiger charge is -2.07. The average molecular weight is 361 g/mol. The predicted molar refractivity (Wildman–Crippen MR) is 104 cm³/mol. The molecule has 0 atom stereocenters. The largest absolute Gasteiger partial charge is 0.459 e. The number of nitrogens with one attached hydrogen (secondary N) is 2. The molecule has 0 bridgehead atoms. The van der Waals surface area contributed by atoms with Crippen molar-refractivity contribution in [2.24, 2.45) is 5.10 Å². The van der Waals surface area contributed by atoms with Crippen LogP contribution >= 0.6 is 0 Å². The Kier molecular flexibility index (Phi) is 5.79. The van der Waals surface area contributed by atoms with Crippen LogP contribution in [0.25, 0.3) is 0 Å². The molecule has 1 heterocycles. The minimum atomic E-state index is -0.331. The summed E-state index contributed by atoms with van der Waals surface area (Å²) in [6.07, 6.45) is 1.71. The Morgan fingerprint density at radius 1 is 1.00 bits per heavy atom. The fraction of sp³-hybridized carbons (Fsp3) is 0.0952. The zero-order valence-corrected chi connectivity index (χ0v) is 14.8. The van der Waals surface area contributed by atoms with Crippen LogP contribution in [-0.2, 0) is 11.2 Å². The van der Waals surface area contributed by atoms with Gasteiger partial charge in [0.2, 0.25) is 5.91 Å². The second-order valence-electron chi connectivity index (χ2n) is 5.91. The van der Waals surface area contributed by atoms with E-state index in [2.05, 4.69) is 15.8 Å². The Morgan fingerprint density at radius 2 is 1.81 bits per heavy atom. The van der Waals surface area contributed by atoms with Gasteiger partial charge in [0.15, 0.2) is 5.76 Å². The number of hydrogen-bond acceptors (Lipinski definition) is 4. The van der Waals surface area contributed by atoms with E-state index in [1.54, 1.807) is 37.3 Å². The molecule has 0 saturated heterocycles. The van der Waals surface area contributed by atoms with E-state index in [0.717, 1.165) is 11.1 Å². The van der Waals surface area contributed by atoms with Crippen LogP contribution in [0.5, 0.6) is 0 Å². The lowest BCUT2D eigenvalue weighted by atomic mass is 10.1. The van der Waals surface area contributed by atoms with Gasteiger partial charge in [-0.05, 0) is 42.3 Å². The van der Waals surface area contributed by atoms with Crippen molar-refractivity contribution in [2.75, 3.05) is 5.32 Å². The third kappa shape index (κ3) is 5.15. The van der Waals surface area contributed by atoms with Gasteiger partial charge in [0.25, 0.3) is 5.91 Å². The molecule has 3 aromatic rings. The van der Waals surface area contributed by atoms with Crippen LogP contribution in [0.3, 0.4) is 0 Å². The molecule has 0 aliphatic rings. The Hall–Kier alpha value is -3.67. The number of amides is 2. The molecule has 2 N–H and O–H groups in total. The minimum Gasteiger partial charge on any atom is -0.459 e. The molecule has 6 heteroatoms. The summed E-state index contributed by atoms with van der Waals surface area (Å²) in [5.41, 5.74) is 5.51. The molecule has 0 spiro atoms. The summed E-state index contributed by atoms with van der Waals surface area (Å²) >= 11 is 0. The van der Waals surface area contributed by atoms with Crippen molar-refractivity contribution in [1.29, 1.82) is 0 Å². The summed E-state index contributed by atoms with van der Waals surface area (Å²) in [7, 11) is 0. The topological polar surface area (TPSA) is 83.7 Å². The summed E-state index contributed by atoms with van der Waals surface area (Å²) in [5, 5.41) is 6.91. The van der Waals surface area contributed by atoms with Gasteiger partial charge >= 0.3 is 0 Å². The van der Waals surface area contributed by atoms with Crippen LogP contribution in [0.15, 0.2) is 82.5 Å². The molecule has 0 fully saturated rings. The molecular formula is C21H19N3O3. The molecule has 6 nitrogen and oxygen atoms in total. The van der Waals surface area contributed by atoms with Gasteiger partial charge in [-0.3, -0.25) is 9.59 Å². The number of hydrazone groups is 1. The van der Waals surface area contributed by atoms with Gasteiger partial charge in [-0.15, -0.1) is 0 Å². The first kappa shape index (κ1) is 18.1. The van der Waals surface area contributed by atoms with Gasteiger partial charge in [0.1, 0.15) is 0 Å². The van der Waals surface area contributed by atoms with Gasteiger partial charge in [-0.1, -0.05) is 42.5 Å². The quantitative estimate of drug-likeness (QED) is 0.520. The number of furan rings is 1. The monoisotopic (exact) mass is 361 g/mol. The Bertz CT molecular complexity index is 948. The summed E-state index contributed by atoms with van der Waals surface area (Å²) in [5.74, 6) is -0.287. The second kappa shape index (κ2) is 8.62. The minimum absolute atomic E-state index is 0.192. The molecular weight excluding hydrogens is 342 g/mol. The van der Waals surface area contributed by atoms with Crippen LogP contribution < -0.4 is 10.7 Å². The molecule has 2 amide bonds. The molecule has 136 valence electrons. The molecule has 0 radical (unpaired) electrons. The summed E-state index contributed by atoms with van der Waals surface area (Å²) < 4.78 is 5.08. The van der Waals surface area contributed by atoms with Crippen molar-refractivity contribution >= 4 is 23.2 Å². The third-order valence-electron chi connectivity index (χ3n) is 3.84. The SMILES string of the molecule is CC(=NNC(=O)Cc1ccccc1)c1cccc(NC(=O)c2ccco2)c1. The highest BCUT2D eigenvalue weighted by Gasteiger charge is 2.09. The molecule has 1 aromatic heterocycles. The molecule has 0 aliphatic carbocycles. The van der Waals surface area contributed by atoms with Crippen molar-refractivity contribution < 1.29 is 14.0 Å². The maximum absolute atomic E-state index is 12.1. The van der Waals surface area contributed by atoms with E-state index in [1.807, 2.05) is 36.4 Å². The van der Waals surface area contributed by atoms with Crippen LogP contribution in [0, 0.1) is 0 Å². The Labute approximate surface area is 156 Å². The lowest BCUT2D eigenvalue weighted by molar-refractivity contribution is -0.120. The van der Waals surface area contributed by atoms with Crippen molar-refractivity contribution in [1.82, 2.24) is 5.43 Å². The number of nitrogens with zero attached hydrogens (tertiary/aromatic N) is 1. The summed E-state index contributed by atoms with van der Waals surface area (Å²) in [4.78, 5) is 24.1. The van der Waals surface area contributed by atoms with Crippen molar-refractivity contribution in [3.63, 3.8) is 0 Å². The number of anilines is 1. The number of hydrogen-bond donors (Lipinski definition) is 2. The molecule has 0 unspecified atom stereocenters. The maximum atomic E-state index is 12.1. The first-order valence-corrected chi connectivity index (χ1v) is 8.44. The fourth-order valence-corrected chi connectivity index (χ4v) is 2.45. The van der Waals surface area contributed by atoms with E-state index >= 15 is 0 Å². The zero-order chi connectivity index (χ0) is 19.1. The van der Waals surface area contributed by atoms with E-state index in [-0.39, 0.29) is 24.0 Å². The molecule has 2 aromatic carbocycles. The van der Waals surface area contributed by atoms with E-state index in [9.17, 15) is 9.59 Å². The third-order valence-corrected chi connectivity index (χ3v) is 3.84. The summed E-state index contributed by atoms with van der Waals surface area (Å²) in [6.45, 7) is 1.79. The first-order valence-electron chi connectivity index (χ1n) is 8.44. The van der Waals surface area contributed by atoms with E-state index < -0.39 is 0 Å². The zero-order valence-electron chi connectivity index (χ0n) is 14.8. The van der Waals surface area contributed by atoms with E-state index in [1.165, 1.54) is 6.26 Å². The molecule has 27 heavy (non-hydrogen) atoms. The standard InChI is InChI=1S/C21H19N3O3/c1-15(23-24-20(25)13-16-7-3-2-4-8-16)17-9-5-10-18(14-17)22-21(26)19-11-6-12-27-19/h2-12,14H,13H2,1H3,(H,22,26)(H,24,25). The Balaban J connectivity index is 1.62. The van der Waals surface area contributed by atoms with Crippen LogP contribution in [0.1, 0.15) is 28.6 Å². The molecule has 0 saturated carbocycles. The highest BCUT2D eigenvalue weighted by molar-refractivity contribution is 6.04. The molecule has 3 rings (SSSR count). The molecule has 0 aliphatic heterocycles. The van der Waals surface area contributed by atoms with Gasteiger partial charge in [0.05, 0.1) is 18.4 Å². The van der Waals surface area contributed by atoms with Crippen molar-refractivity contribution in [3.05, 3.63) is 89.9 Å². The predicted octanol–water partition coefficient (Wildman–Crippen LogP) is 3.61. The average Bonchev–Trinajstić information content (AvgIpc) is 3.22.